The fourth-order valence-corrected chi connectivity index (χ4v) is 2.33. The summed E-state index contributed by atoms with van der Waals surface area (Å²) in [6, 6.07) is 10.6. The van der Waals surface area contributed by atoms with Gasteiger partial charge in [-0.15, -0.1) is 0 Å². The SMILES string of the molecule is CCc1ccccc1CNC(=NC)NCc1ccn(C)c1. The summed E-state index contributed by atoms with van der Waals surface area (Å²) in [5.41, 5.74) is 3.94. The Kier molecular flexibility index (Phi) is 5.43. The second kappa shape index (κ2) is 7.53. The van der Waals surface area contributed by atoms with E-state index in [2.05, 4.69) is 59.1 Å². The number of aryl methyl sites for hydroxylation is 2. The van der Waals surface area contributed by atoms with Gasteiger partial charge in [0.1, 0.15) is 0 Å². The molecule has 0 fully saturated rings. The number of nitrogens with zero attached hydrogens (tertiary/aromatic N) is 2. The molecule has 2 aromatic rings. The molecular formula is C17H24N4. The molecule has 0 radical (unpaired) electrons. The van der Waals surface area contributed by atoms with Gasteiger partial charge in [-0.3, -0.25) is 4.99 Å². The first kappa shape index (κ1) is 15.2. The zero-order chi connectivity index (χ0) is 15.1. The van der Waals surface area contributed by atoms with Gasteiger partial charge in [0.25, 0.3) is 0 Å². The molecule has 0 bridgehead atoms. The van der Waals surface area contributed by atoms with Gasteiger partial charge in [0.05, 0.1) is 0 Å². The highest BCUT2D eigenvalue weighted by molar-refractivity contribution is 5.79. The van der Waals surface area contributed by atoms with Crippen molar-refractivity contribution in [2.75, 3.05) is 7.05 Å². The van der Waals surface area contributed by atoms with Crippen LogP contribution in [0.5, 0.6) is 0 Å². The van der Waals surface area contributed by atoms with E-state index in [1.54, 1.807) is 7.05 Å². The van der Waals surface area contributed by atoms with Crippen molar-refractivity contribution in [2.45, 2.75) is 26.4 Å². The quantitative estimate of drug-likeness (QED) is 0.654. The smallest absolute Gasteiger partial charge is 0.191 e. The minimum absolute atomic E-state index is 0.774. The van der Waals surface area contributed by atoms with Crippen LogP contribution in [0.2, 0.25) is 0 Å². The Labute approximate surface area is 126 Å². The van der Waals surface area contributed by atoms with Crippen molar-refractivity contribution < 1.29 is 0 Å². The Morgan fingerprint density at radius 2 is 1.81 bits per heavy atom. The highest BCUT2D eigenvalue weighted by Crippen LogP contribution is 2.08. The molecule has 2 N–H and O–H groups in total. The van der Waals surface area contributed by atoms with E-state index >= 15 is 0 Å². The molecule has 4 nitrogen and oxygen atoms in total. The van der Waals surface area contributed by atoms with Gasteiger partial charge in [0.15, 0.2) is 5.96 Å². The maximum Gasteiger partial charge on any atom is 0.191 e. The standard InChI is InChI=1S/C17H24N4/c1-4-15-7-5-6-8-16(15)12-20-17(18-2)19-11-14-9-10-21(3)13-14/h5-10,13H,4,11-12H2,1-3H3,(H2,18,19,20). The van der Waals surface area contributed by atoms with Crippen molar-refractivity contribution in [3.8, 4) is 0 Å². The predicted octanol–water partition coefficient (Wildman–Crippen LogP) is 2.45. The Morgan fingerprint density at radius 1 is 1.10 bits per heavy atom. The molecule has 0 saturated heterocycles. The summed E-state index contributed by atoms with van der Waals surface area (Å²) < 4.78 is 2.05. The van der Waals surface area contributed by atoms with Crippen molar-refractivity contribution in [1.82, 2.24) is 15.2 Å². The number of hydrogen-bond donors (Lipinski definition) is 2. The number of benzene rings is 1. The highest BCUT2D eigenvalue weighted by atomic mass is 15.2. The van der Waals surface area contributed by atoms with Crippen LogP contribution in [0.15, 0.2) is 47.7 Å². The Bertz CT molecular complexity index is 598. The first-order chi connectivity index (χ1) is 10.2. The summed E-state index contributed by atoms with van der Waals surface area (Å²) >= 11 is 0. The molecule has 1 heterocycles. The van der Waals surface area contributed by atoms with E-state index in [-0.39, 0.29) is 0 Å². The molecule has 1 aromatic carbocycles. The average Bonchev–Trinajstić information content (AvgIpc) is 2.93. The lowest BCUT2D eigenvalue weighted by Gasteiger charge is -2.13. The molecule has 0 aliphatic heterocycles. The van der Waals surface area contributed by atoms with E-state index in [1.807, 2.05) is 17.8 Å². The zero-order valence-corrected chi connectivity index (χ0v) is 13.1. The van der Waals surface area contributed by atoms with E-state index < -0.39 is 0 Å². The van der Waals surface area contributed by atoms with Crippen LogP contribution < -0.4 is 10.6 Å². The van der Waals surface area contributed by atoms with Crippen LogP contribution in [0.25, 0.3) is 0 Å². The third-order valence-corrected chi connectivity index (χ3v) is 3.52. The molecule has 0 aliphatic rings. The van der Waals surface area contributed by atoms with Gasteiger partial charge in [-0.2, -0.15) is 0 Å². The van der Waals surface area contributed by atoms with Gasteiger partial charge in [0.2, 0.25) is 0 Å². The molecule has 21 heavy (non-hydrogen) atoms. The summed E-state index contributed by atoms with van der Waals surface area (Å²) in [7, 11) is 3.82. The fraction of sp³-hybridized carbons (Fsp3) is 0.353. The zero-order valence-electron chi connectivity index (χ0n) is 13.1. The lowest BCUT2D eigenvalue weighted by Crippen LogP contribution is -2.36. The molecule has 2 rings (SSSR count). The number of aliphatic imine (C=N–C) groups is 1. The van der Waals surface area contributed by atoms with Crippen LogP contribution in [0, 0.1) is 0 Å². The van der Waals surface area contributed by atoms with Crippen molar-refractivity contribution in [3.63, 3.8) is 0 Å². The number of guanidine groups is 1. The molecule has 0 amide bonds. The number of rotatable bonds is 5. The second-order valence-electron chi connectivity index (χ2n) is 5.09. The Hall–Kier alpha value is -2.23. The second-order valence-corrected chi connectivity index (χ2v) is 5.09. The Balaban J connectivity index is 1.88. The van der Waals surface area contributed by atoms with Crippen LogP contribution in [0.1, 0.15) is 23.6 Å². The Morgan fingerprint density at radius 3 is 2.43 bits per heavy atom. The molecule has 112 valence electrons. The van der Waals surface area contributed by atoms with Crippen LogP contribution in [0.3, 0.4) is 0 Å². The van der Waals surface area contributed by atoms with Gasteiger partial charge in [-0.1, -0.05) is 31.2 Å². The maximum absolute atomic E-state index is 4.27. The van der Waals surface area contributed by atoms with Crippen molar-refractivity contribution in [1.29, 1.82) is 0 Å². The van der Waals surface area contributed by atoms with Crippen molar-refractivity contribution >= 4 is 5.96 Å². The molecule has 4 heteroatoms. The van der Waals surface area contributed by atoms with E-state index in [9.17, 15) is 0 Å². The van der Waals surface area contributed by atoms with E-state index in [0.29, 0.717) is 0 Å². The van der Waals surface area contributed by atoms with Gasteiger partial charge in [0, 0.05) is 39.6 Å². The molecule has 0 unspecified atom stereocenters. The minimum atomic E-state index is 0.774. The summed E-state index contributed by atoms with van der Waals surface area (Å²) in [6.45, 7) is 3.75. The van der Waals surface area contributed by atoms with Crippen LogP contribution in [0.4, 0.5) is 0 Å². The van der Waals surface area contributed by atoms with Gasteiger partial charge in [-0.25, -0.2) is 0 Å². The minimum Gasteiger partial charge on any atom is -0.357 e. The van der Waals surface area contributed by atoms with Gasteiger partial charge < -0.3 is 15.2 Å². The molecular weight excluding hydrogens is 260 g/mol. The van der Waals surface area contributed by atoms with Crippen molar-refractivity contribution in [2.24, 2.45) is 12.0 Å². The summed E-state index contributed by atoms with van der Waals surface area (Å²) in [6.07, 6.45) is 5.20. The monoisotopic (exact) mass is 284 g/mol. The number of aromatic nitrogens is 1. The van der Waals surface area contributed by atoms with Crippen molar-refractivity contribution in [3.05, 3.63) is 59.4 Å². The fourth-order valence-electron chi connectivity index (χ4n) is 2.33. The number of hydrogen-bond acceptors (Lipinski definition) is 1. The third kappa shape index (κ3) is 4.38. The van der Waals surface area contributed by atoms with Crippen LogP contribution >= 0.6 is 0 Å². The molecule has 0 atom stereocenters. The van der Waals surface area contributed by atoms with Gasteiger partial charge >= 0.3 is 0 Å². The van der Waals surface area contributed by atoms with Crippen LogP contribution in [-0.4, -0.2) is 17.6 Å². The molecule has 0 aliphatic carbocycles. The van der Waals surface area contributed by atoms with Crippen LogP contribution in [-0.2, 0) is 26.6 Å². The third-order valence-electron chi connectivity index (χ3n) is 3.52. The van der Waals surface area contributed by atoms with E-state index in [0.717, 1.165) is 25.5 Å². The molecule has 1 aromatic heterocycles. The average molecular weight is 284 g/mol. The normalized spacial score (nSPS) is 11.5. The summed E-state index contributed by atoms with van der Waals surface area (Å²) in [5.74, 6) is 0.824. The number of nitrogens with one attached hydrogen (secondary N) is 2. The highest BCUT2D eigenvalue weighted by Gasteiger charge is 2.02. The molecule has 0 spiro atoms. The summed E-state index contributed by atoms with van der Waals surface area (Å²) in [4.78, 5) is 4.27. The topological polar surface area (TPSA) is 41.4 Å². The maximum atomic E-state index is 4.27. The summed E-state index contributed by atoms with van der Waals surface area (Å²) in [5, 5.41) is 6.70. The molecule has 0 saturated carbocycles. The lowest BCUT2D eigenvalue weighted by molar-refractivity contribution is 0.800. The first-order valence-electron chi connectivity index (χ1n) is 7.35. The van der Waals surface area contributed by atoms with E-state index in [1.165, 1.54) is 16.7 Å². The van der Waals surface area contributed by atoms with Gasteiger partial charge in [-0.05, 0) is 29.2 Å². The first-order valence-corrected chi connectivity index (χ1v) is 7.35. The van der Waals surface area contributed by atoms with E-state index in [4.69, 9.17) is 0 Å². The largest absolute Gasteiger partial charge is 0.357 e. The predicted molar refractivity (Wildman–Crippen MR) is 88.3 cm³/mol. The lowest BCUT2D eigenvalue weighted by atomic mass is 10.1.